The first-order valence-corrected chi connectivity index (χ1v) is 23.6. The normalized spacial score (nSPS) is 14.7. The van der Waals surface area contributed by atoms with E-state index in [1.54, 1.807) is 6.08 Å². The summed E-state index contributed by atoms with van der Waals surface area (Å²) in [7, 11) is 1.09. The van der Waals surface area contributed by atoms with Crippen LogP contribution in [0.3, 0.4) is 0 Å². The number of rotatable bonds is 39. The molecule has 11 heteroatoms. The molecule has 0 amide bonds. The number of unbranched alkanes of at least 4 members (excludes halogenated alkanes) is 15. The van der Waals surface area contributed by atoms with Crippen molar-refractivity contribution in [3.63, 3.8) is 0 Å². The van der Waals surface area contributed by atoms with Gasteiger partial charge in [-0.05, 0) is 70.6 Å². The van der Waals surface area contributed by atoms with Gasteiger partial charge in [-0.3, -0.25) is 14.2 Å². The second-order valence-electron chi connectivity index (χ2n) is 15.9. The molecule has 0 fully saturated rings. The van der Waals surface area contributed by atoms with Crippen LogP contribution in [0.2, 0.25) is 0 Å². The quantitative estimate of drug-likeness (QED) is 0.0161. The van der Waals surface area contributed by atoms with Gasteiger partial charge in [0.05, 0.1) is 33.9 Å². The molecule has 3 atom stereocenters. The van der Waals surface area contributed by atoms with Crippen molar-refractivity contribution in [3.8, 4) is 0 Å². The summed E-state index contributed by atoms with van der Waals surface area (Å²) in [6, 6.07) is 0. The number of aliphatic hydroxyl groups is 1. The maximum atomic E-state index is 12.7. The Morgan fingerprint density at radius 2 is 1.19 bits per heavy atom. The largest absolute Gasteiger partial charge is 0.756 e. The fourth-order valence-corrected chi connectivity index (χ4v) is 6.27. The average Bonchev–Trinajstić information content (AvgIpc) is 3.15. The summed E-state index contributed by atoms with van der Waals surface area (Å²) in [5, 5.41) is 10.1. The van der Waals surface area contributed by atoms with Crippen LogP contribution >= 0.6 is 7.82 Å². The molecule has 0 spiro atoms. The van der Waals surface area contributed by atoms with Crippen LogP contribution < -0.4 is 4.89 Å². The zero-order valence-corrected chi connectivity index (χ0v) is 37.5. The lowest BCUT2D eigenvalue weighted by atomic mass is 10.1. The first-order valence-electron chi connectivity index (χ1n) is 22.1. The van der Waals surface area contributed by atoms with Crippen LogP contribution in [-0.4, -0.2) is 81.2 Å². The Morgan fingerprint density at radius 3 is 1.88 bits per heavy atom. The minimum absolute atomic E-state index is 0.0528. The first kappa shape index (κ1) is 54.7. The minimum Gasteiger partial charge on any atom is -0.756 e. The number of aliphatic hydroxyl groups excluding tert-OH is 1. The van der Waals surface area contributed by atoms with E-state index in [0.29, 0.717) is 36.7 Å². The number of hydrogen-bond acceptors (Lipinski definition) is 9. The first-order chi connectivity index (χ1) is 27.4. The van der Waals surface area contributed by atoms with Crippen LogP contribution in [0.25, 0.3) is 0 Å². The lowest BCUT2D eigenvalue weighted by Gasteiger charge is -2.28. The summed E-state index contributed by atoms with van der Waals surface area (Å²) in [6.07, 6.45) is 41.3. The predicted octanol–water partition coefficient (Wildman–Crippen LogP) is 10.8. The third-order valence-corrected chi connectivity index (χ3v) is 10.1. The number of carbonyl (C=O) groups excluding carboxylic acids is 2. The number of allylic oxidation sites excluding steroid dienone is 8. The second-order valence-corrected chi connectivity index (χ2v) is 17.3. The van der Waals surface area contributed by atoms with Crippen molar-refractivity contribution in [2.45, 2.75) is 174 Å². The maximum Gasteiger partial charge on any atom is 0.306 e. The number of carbonyl (C=O) groups is 2. The van der Waals surface area contributed by atoms with E-state index in [0.717, 1.165) is 38.5 Å². The van der Waals surface area contributed by atoms with Crippen molar-refractivity contribution in [2.24, 2.45) is 0 Å². The molecule has 0 aromatic heterocycles. The Labute approximate surface area is 348 Å². The van der Waals surface area contributed by atoms with Gasteiger partial charge in [0.25, 0.3) is 7.82 Å². The van der Waals surface area contributed by atoms with E-state index < -0.39 is 38.6 Å². The van der Waals surface area contributed by atoms with E-state index in [1.165, 1.54) is 70.6 Å². The van der Waals surface area contributed by atoms with Gasteiger partial charge in [0.1, 0.15) is 19.8 Å². The van der Waals surface area contributed by atoms with Crippen molar-refractivity contribution < 1.29 is 47.2 Å². The fourth-order valence-electron chi connectivity index (χ4n) is 5.54. The molecule has 0 aliphatic heterocycles. The summed E-state index contributed by atoms with van der Waals surface area (Å²) < 4.78 is 33.8. The van der Waals surface area contributed by atoms with Crippen molar-refractivity contribution in [2.75, 3.05) is 47.5 Å². The van der Waals surface area contributed by atoms with Crippen LogP contribution in [0.5, 0.6) is 0 Å². The fraction of sp³-hybridized carbons (Fsp3) is 0.739. The molecule has 0 heterocycles. The highest BCUT2D eigenvalue weighted by Crippen LogP contribution is 2.38. The Morgan fingerprint density at radius 1 is 0.649 bits per heavy atom. The third-order valence-electron chi connectivity index (χ3n) is 9.09. The summed E-state index contributed by atoms with van der Waals surface area (Å²) in [4.78, 5) is 37.5. The zero-order valence-electron chi connectivity index (χ0n) is 36.6. The van der Waals surface area contributed by atoms with Gasteiger partial charge in [-0.2, -0.15) is 0 Å². The SMILES string of the molecule is CCCCC/C=C\C=C/[C@@H](O)C/C=C\C/C=C/CCCC(=O)OC[C@H](COP(=O)([O-])OCC[N+](C)(C)C)OC(=O)CCCCCCCCC/C=C\CCCCCC. The highest BCUT2D eigenvalue weighted by molar-refractivity contribution is 7.45. The number of nitrogens with zero attached hydrogens (tertiary/aromatic N) is 1. The van der Waals surface area contributed by atoms with Gasteiger partial charge < -0.3 is 33.0 Å². The number of phosphoric acid groups is 1. The van der Waals surface area contributed by atoms with E-state index in [2.05, 4.69) is 32.1 Å². The monoisotopic (exact) mass is 824 g/mol. The second kappa shape index (κ2) is 37.9. The van der Waals surface area contributed by atoms with Crippen LogP contribution in [0, 0.1) is 0 Å². The Balaban J connectivity index is 4.52. The van der Waals surface area contributed by atoms with E-state index >= 15 is 0 Å². The highest BCUT2D eigenvalue weighted by atomic mass is 31.2. The zero-order chi connectivity index (χ0) is 42.3. The molecule has 0 saturated carbocycles. The molecule has 0 rings (SSSR count). The molecule has 0 saturated heterocycles. The van der Waals surface area contributed by atoms with Crippen LogP contribution in [0.4, 0.5) is 0 Å². The predicted molar refractivity (Wildman–Crippen MR) is 232 cm³/mol. The van der Waals surface area contributed by atoms with Gasteiger partial charge in [-0.25, -0.2) is 0 Å². The van der Waals surface area contributed by atoms with E-state index in [9.17, 15) is 24.2 Å². The molecule has 1 unspecified atom stereocenters. The third kappa shape index (κ3) is 41.6. The molecule has 0 aliphatic rings. The van der Waals surface area contributed by atoms with E-state index in [-0.39, 0.29) is 26.1 Å². The molecule has 330 valence electrons. The molecule has 10 nitrogen and oxygen atoms in total. The Bertz CT molecular complexity index is 1170. The Kier molecular flexibility index (Phi) is 36.4. The molecule has 0 radical (unpaired) electrons. The number of phosphoric ester groups is 1. The van der Waals surface area contributed by atoms with E-state index in [4.69, 9.17) is 18.5 Å². The molecule has 0 bridgehead atoms. The topological polar surface area (TPSA) is 131 Å². The lowest BCUT2D eigenvalue weighted by Crippen LogP contribution is -2.37. The van der Waals surface area contributed by atoms with Gasteiger partial charge in [0.2, 0.25) is 0 Å². The van der Waals surface area contributed by atoms with Gasteiger partial charge in [-0.1, -0.05) is 139 Å². The van der Waals surface area contributed by atoms with Crippen molar-refractivity contribution >= 4 is 19.8 Å². The van der Waals surface area contributed by atoms with Gasteiger partial charge in [-0.15, -0.1) is 0 Å². The number of esters is 2. The molecule has 0 aliphatic carbocycles. The molecular formula is C46H82NO9P. The average molecular weight is 824 g/mol. The van der Waals surface area contributed by atoms with Crippen LogP contribution in [0.15, 0.2) is 60.8 Å². The van der Waals surface area contributed by atoms with Gasteiger partial charge in [0.15, 0.2) is 6.10 Å². The maximum absolute atomic E-state index is 12.7. The molecular weight excluding hydrogens is 741 g/mol. The standard InChI is InChI=1S/C46H82NO9P/c1-6-8-10-12-14-15-16-17-18-19-20-21-25-30-34-38-46(50)56-44(42-55-57(51,52)54-40-39-47(3,4)5)41-53-45(49)37-33-29-26-22-24-28-32-36-43(48)35-31-27-23-13-11-9-7-2/h15-16,22-23,26-28,31-32,35,43-44,48H,6-14,17-21,24-25,29-30,33-34,36-42H2,1-5H3/b16-15-,26-22+,27-23-,32-28-,35-31-/t43-,44-/m1/s1. The number of hydrogen-bond donors (Lipinski definition) is 1. The summed E-state index contributed by atoms with van der Waals surface area (Å²) in [5.41, 5.74) is 0. The smallest absolute Gasteiger partial charge is 0.306 e. The Hall–Kier alpha value is -2.33. The van der Waals surface area contributed by atoms with Gasteiger partial charge in [0, 0.05) is 12.8 Å². The van der Waals surface area contributed by atoms with Gasteiger partial charge >= 0.3 is 11.9 Å². The molecule has 0 aromatic rings. The highest BCUT2D eigenvalue weighted by Gasteiger charge is 2.21. The summed E-state index contributed by atoms with van der Waals surface area (Å²) in [6.45, 7) is 4.01. The van der Waals surface area contributed by atoms with Crippen molar-refractivity contribution in [1.82, 2.24) is 0 Å². The summed E-state index contributed by atoms with van der Waals surface area (Å²) in [5.74, 6) is -0.951. The van der Waals surface area contributed by atoms with Crippen molar-refractivity contribution in [3.05, 3.63) is 60.8 Å². The lowest BCUT2D eigenvalue weighted by molar-refractivity contribution is -0.870. The van der Waals surface area contributed by atoms with Crippen LogP contribution in [0.1, 0.15) is 162 Å². The minimum atomic E-state index is -4.65. The number of quaternary nitrogens is 1. The van der Waals surface area contributed by atoms with E-state index in [1.807, 2.05) is 57.6 Å². The number of likely N-dealkylation sites (N-methyl/N-ethyl adjacent to an activating group) is 1. The molecule has 0 aromatic carbocycles. The summed E-state index contributed by atoms with van der Waals surface area (Å²) >= 11 is 0. The molecule has 1 N–H and O–H groups in total. The van der Waals surface area contributed by atoms with Crippen LogP contribution in [-0.2, 0) is 32.7 Å². The van der Waals surface area contributed by atoms with Crippen molar-refractivity contribution in [1.29, 1.82) is 0 Å². The number of ether oxygens (including phenoxy) is 2. The molecule has 57 heavy (non-hydrogen) atoms.